The van der Waals surface area contributed by atoms with Crippen molar-refractivity contribution in [2.75, 3.05) is 11.1 Å². The lowest BCUT2D eigenvalue weighted by Gasteiger charge is -2.13. The van der Waals surface area contributed by atoms with Crippen LogP contribution in [-0.2, 0) is 0 Å². The van der Waals surface area contributed by atoms with Gasteiger partial charge in [-0.3, -0.25) is 5.10 Å². The molecular formula is C20H16F3N5O. The van der Waals surface area contributed by atoms with Gasteiger partial charge >= 0.3 is 6.36 Å². The van der Waals surface area contributed by atoms with Gasteiger partial charge in [0.1, 0.15) is 11.3 Å². The standard InChI is InChI=1S/C20H16F3N5O/c1-11-5-2-3-8-15(11)26-19-17-16(18(24)28-27-17)14(10-25-19)12-6-4-7-13(9-12)29-20(21,22)23/h2-10H,1H3,(H,25,26)(H3,24,27,28). The Morgan fingerprint density at radius 1 is 1.10 bits per heavy atom. The van der Waals surface area contributed by atoms with Gasteiger partial charge in [0.05, 0.1) is 5.39 Å². The SMILES string of the molecule is Cc1ccccc1Nc1ncc(-c2cccc(OC(F)(F)F)c2)c2c(N)n[nH]c12. The Kier molecular flexibility index (Phi) is 4.50. The van der Waals surface area contributed by atoms with E-state index in [0.717, 1.165) is 11.3 Å². The van der Waals surface area contributed by atoms with Crippen LogP contribution in [-0.4, -0.2) is 21.5 Å². The van der Waals surface area contributed by atoms with Crippen molar-refractivity contribution in [2.24, 2.45) is 0 Å². The number of hydrogen-bond donors (Lipinski definition) is 3. The number of ether oxygens (including phenoxy) is 1. The largest absolute Gasteiger partial charge is 0.573 e. The van der Waals surface area contributed by atoms with Gasteiger partial charge < -0.3 is 15.8 Å². The van der Waals surface area contributed by atoms with E-state index in [1.165, 1.54) is 18.2 Å². The number of H-pyrrole nitrogens is 1. The number of fused-ring (bicyclic) bond motifs is 1. The Morgan fingerprint density at radius 2 is 1.90 bits per heavy atom. The van der Waals surface area contributed by atoms with Crippen LogP contribution in [0, 0.1) is 6.92 Å². The van der Waals surface area contributed by atoms with E-state index in [0.29, 0.717) is 27.8 Å². The van der Waals surface area contributed by atoms with Gasteiger partial charge in [-0.05, 0) is 36.2 Å². The van der Waals surface area contributed by atoms with Gasteiger partial charge in [0.2, 0.25) is 0 Å². The normalized spacial score (nSPS) is 11.6. The Morgan fingerprint density at radius 3 is 2.66 bits per heavy atom. The summed E-state index contributed by atoms with van der Waals surface area (Å²) in [6, 6.07) is 13.3. The lowest BCUT2D eigenvalue weighted by atomic mass is 10.0. The lowest BCUT2D eigenvalue weighted by molar-refractivity contribution is -0.274. The molecule has 0 radical (unpaired) electrons. The second-order valence-electron chi connectivity index (χ2n) is 6.39. The summed E-state index contributed by atoms with van der Waals surface area (Å²) < 4.78 is 41.7. The highest BCUT2D eigenvalue weighted by Gasteiger charge is 2.31. The minimum atomic E-state index is -4.78. The molecule has 4 rings (SSSR count). The van der Waals surface area contributed by atoms with Crippen molar-refractivity contribution in [1.29, 1.82) is 0 Å². The van der Waals surface area contributed by atoms with Crippen LogP contribution in [0.3, 0.4) is 0 Å². The molecule has 0 aliphatic heterocycles. The molecule has 2 aromatic heterocycles. The molecule has 2 heterocycles. The number of pyridine rings is 1. The number of aryl methyl sites for hydroxylation is 1. The molecule has 4 aromatic rings. The second-order valence-corrected chi connectivity index (χ2v) is 6.39. The minimum Gasteiger partial charge on any atom is -0.406 e. The first-order valence-electron chi connectivity index (χ1n) is 8.63. The van der Waals surface area contributed by atoms with Crippen molar-refractivity contribution in [1.82, 2.24) is 15.2 Å². The zero-order valence-corrected chi connectivity index (χ0v) is 15.2. The lowest BCUT2D eigenvalue weighted by Crippen LogP contribution is -2.17. The second kappa shape index (κ2) is 7.01. The summed E-state index contributed by atoms with van der Waals surface area (Å²) in [6.45, 7) is 1.96. The van der Waals surface area contributed by atoms with Crippen molar-refractivity contribution >= 4 is 28.2 Å². The van der Waals surface area contributed by atoms with Crippen LogP contribution in [0.1, 0.15) is 5.56 Å². The van der Waals surface area contributed by atoms with Crippen LogP contribution in [0.5, 0.6) is 5.75 Å². The van der Waals surface area contributed by atoms with Crippen molar-refractivity contribution in [2.45, 2.75) is 13.3 Å². The molecule has 0 aliphatic carbocycles. The smallest absolute Gasteiger partial charge is 0.406 e. The number of aromatic nitrogens is 3. The van der Waals surface area contributed by atoms with Crippen LogP contribution in [0.15, 0.2) is 54.7 Å². The molecule has 148 valence electrons. The van der Waals surface area contributed by atoms with E-state index in [1.807, 2.05) is 31.2 Å². The number of aromatic amines is 1. The highest BCUT2D eigenvalue weighted by molar-refractivity contribution is 6.06. The number of nitrogens with two attached hydrogens (primary N) is 1. The predicted octanol–water partition coefficient (Wildman–Crippen LogP) is 5.16. The number of nitrogen functional groups attached to an aromatic ring is 1. The highest BCUT2D eigenvalue weighted by Crippen LogP contribution is 2.36. The van der Waals surface area contributed by atoms with Gasteiger partial charge in [0.25, 0.3) is 0 Å². The van der Waals surface area contributed by atoms with Crippen molar-refractivity contribution in [3.8, 4) is 16.9 Å². The number of halogens is 3. The number of alkyl halides is 3. The first kappa shape index (κ1) is 18.6. The average molecular weight is 399 g/mol. The summed E-state index contributed by atoms with van der Waals surface area (Å²) in [4.78, 5) is 4.44. The number of nitrogens with zero attached hydrogens (tertiary/aromatic N) is 2. The van der Waals surface area contributed by atoms with Crippen LogP contribution >= 0.6 is 0 Å². The summed E-state index contributed by atoms with van der Waals surface area (Å²) in [5, 5.41) is 10.7. The van der Waals surface area contributed by atoms with Gasteiger partial charge in [-0.25, -0.2) is 4.98 Å². The zero-order chi connectivity index (χ0) is 20.6. The average Bonchev–Trinajstić information content (AvgIpc) is 3.05. The maximum atomic E-state index is 12.6. The van der Waals surface area contributed by atoms with Crippen molar-refractivity contribution < 1.29 is 17.9 Å². The fraction of sp³-hybridized carbons (Fsp3) is 0.100. The molecule has 0 spiro atoms. The fourth-order valence-corrected chi connectivity index (χ4v) is 3.07. The third kappa shape index (κ3) is 3.79. The molecular weight excluding hydrogens is 383 g/mol. The quantitative estimate of drug-likeness (QED) is 0.441. The fourth-order valence-electron chi connectivity index (χ4n) is 3.07. The molecule has 2 aromatic carbocycles. The number of para-hydroxylation sites is 1. The molecule has 0 amide bonds. The summed E-state index contributed by atoms with van der Waals surface area (Å²) in [5.74, 6) is 0.393. The molecule has 0 atom stereocenters. The van der Waals surface area contributed by atoms with Gasteiger partial charge in [0, 0.05) is 17.4 Å². The van der Waals surface area contributed by atoms with Crippen LogP contribution in [0.25, 0.3) is 22.0 Å². The number of nitrogens with one attached hydrogen (secondary N) is 2. The van der Waals surface area contributed by atoms with E-state index < -0.39 is 6.36 Å². The van der Waals surface area contributed by atoms with E-state index in [-0.39, 0.29) is 11.6 Å². The molecule has 0 saturated heterocycles. The molecule has 29 heavy (non-hydrogen) atoms. The van der Waals surface area contributed by atoms with E-state index in [2.05, 4.69) is 25.2 Å². The zero-order valence-electron chi connectivity index (χ0n) is 15.2. The number of hydrogen-bond acceptors (Lipinski definition) is 5. The molecule has 0 bridgehead atoms. The van der Waals surface area contributed by atoms with E-state index in [9.17, 15) is 13.2 Å². The predicted molar refractivity (Wildman–Crippen MR) is 105 cm³/mol. The summed E-state index contributed by atoms with van der Waals surface area (Å²) in [7, 11) is 0. The van der Waals surface area contributed by atoms with Gasteiger partial charge in [-0.15, -0.1) is 13.2 Å². The van der Waals surface area contributed by atoms with Crippen LogP contribution < -0.4 is 15.8 Å². The Balaban J connectivity index is 1.79. The van der Waals surface area contributed by atoms with E-state index >= 15 is 0 Å². The topological polar surface area (TPSA) is 88.8 Å². The molecule has 0 unspecified atom stereocenters. The van der Waals surface area contributed by atoms with Gasteiger partial charge in [0.15, 0.2) is 11.6 Å². The monoisotopic (exact) mass is 399 g/mol. The van der Waals surface area contributed by atoms with Gasteiger partial charge in [-0.1, -0.05) is 30.3 Å². The van der Waals surface area contributed by atoms with E-state index in [1.54, 1.807) is 12.3 Å². The third-order valence-electron chi connectivity index (χ3n) is 4.40. The Bertz CT molecular complexity index is 1190. The molecule has 0 aliphatic rings. The molecule has 0 saturated carbocycles. The molecule has 4 N–H and O–H groups in total. The van der Waals surface area contributed by atoms with Crippen LogP contribution in [0.4, 0.5) is 30.5 Å². The van der Waals surface area contributed by atoms with Crippen LogP contribution in [0.2, 0.25) is 0 Å². The third-order valence-corrected chi connectivity index (χ3v) is 4.40. The molecule has 9 heteroatoms. The number of benzene rings is 2. The summed E-state index contributed by atoms with van der Waals surface area (Å²) in [5.41, 5.74) is 9.48. The number of rotatable bonds is 4. The maximum Gasteiger partial charge on any atom is 0.573 e. The number of anilines is 3. The van der Waals surface area contributed by atoms with Gasteiger partial charge in [-0.2, -0.15) is 5.10 Å². The highest BCUT2D eigenvalue weighted by atomic mass is 19.4. The molecule has 6 nitrogen and oxygen atoms in total. The molecule has 0 fully saturated rings. The minimum absolute atomic E-state index is 0.215. The summed E-state index contributed by atoms with van der Waals surface area (Å²) >= 11 is 0. The van der Waals surface area contributed by atoms with E-state index in [4.69, 9.17) is 5.73 Å². The Hall–Kier alpha value is -3.75. The first-order chi connectivity index (χ1) is 13.8. The summed E-state index contributed by atoms with van der Waals surface area (Å²) in [6.07, 6.45) is -3.23. The van der Waals surface area contributed by atoms with Crippen molar-refractivity contribution in [3.05, 3.63) is 60.3 Å². The maximum absolute atomic E-state index is 12.6. The Labute approximate surface area is 163 Å². The van der Waals surface area contributed by atoms with Crippen molar-refractivity contribution in [3.63, 3.8) is 0 Å². The first-order valence-corrected chi connectivity index (χ1v) is 8.63.